The fourth-order valence-corrected chi connectivity index (χ4v) is 3.17. The molecule has 2 atom stereocenters. The molecule has 0 aliphatic carbocycles. The molecule has 3 N–H and O–H groups in total. The fourth-order valence-electron chi connectivity index (χ4n) is 2.53. The zero-order valence-corrected chi connectivity index (χ0v) is 12.4. The maximum atomic E-state index is 10.9. The van der Waals surface area contributed by atoms with Gasteiger partial charge < -0.3 is 15.5 Å². The molecule has 0 aromatic heterocycles. The summed E-state index contributed by atoms with van der Waals surface area (Å²) in [6, 6.07) is 5.85. The van der Waals surface area contributed by atoms with E-state index in [4.69, 9.17) is 0 Å². The van der Waals surface area contributed by atoms with E-state index in [2.05, 4.69) is 11.4 Å². The van der Waals surface area contributed by atoms with Gasteiger partial charge in [-0.05, 0) is 36.1 Å². The van der Waals surface area contributed by atoms with Gasteiger partial charge in [-0.25, -0.2) is 0 Å². The molecule has 0 amide bonds. The van der Waals surface area contributed by atoms with E-state index < -0.39 is 12.2 Å². The summed E-state index contributed by atoms with van der Waals surface area (Å²) in [5, 5.41) is 23.8. The highest BCUT2D eigenvalue weighted by Gasteiger charge is 2.23. The first-order valence-corrected chi connectivity index (χ1v) is 7.89. The zero-order valence-electron chi connectivity index (χ0n) is 11.6. The van der Waals surface area contributed by atoms with E-state index in [-0.39, 0.29) is 5.12 Å². The molecule has 0 saturated carbocycles. The van der Waals surface area contributed by atoms with Gasteiger partial charge in [-0.1, -0.05) is 30.0 Å². The summed E-state index contributed by atoms with van der Waals surface area (Å²) in [6.07, 6.45) is -0.427. The average molecular weight is 295 g/mol. The second-order valence-corrected chi connectivity index (χ2v) is 6.32. The number of thioether (sulfide) groups is 1. The Morgan fingerprint density at radius 2 is 2.25 bits per heavy atom. The van der Waals surface area contributed by atoms with Gasteiger partial charge >= 0.3 is 0 Å². The summed E-state index contributed by atoms with van der Waals surface area (Å²) in [7, 11) is 0. The Balaban J connectivity index is 2.04. The number of carbonyl (C=O) groups is 1. The molecule has 0 fully saturated rings. The number of rotatable bonds is 5. The second kappa shape index (κ2) is 7.22. The number of nitrogens with one attached hydrogen (secondary N) is 1. The summed E-state index contributed by atoms with van der Waals surface area (Å²) in [4.78, 5) is 10.9. The van der Waals surface area contributed by atoms with Gasteiger partial charge in [0.2, 0.25) is 0 Å². The predicted molar refractivity (Wildman–Crippen MR) is 80.6 cm³/mol. The monoisotopic (exact) mass is 295 g/mol. The number of carbonyl (C=O) groups excluding carboxylic acids is 1. The van der Waals surface area contributed by atoms with Gasteiger partial charge in [0.15, 0.2) is 5.12 Å². The lowest BCUT2D eigenvalue weighted by atomic mass is 9.90. The predicted octanol–water partition coefficient (Wildman–Crippen LogP) is 1.40. The van der Waals surface area contributed by atoms with Crippen LogP contribution in [0.1, 0.15) is 36.1 Å². The van der Waals surface area contributed by atoms with Crippen molar-refractivity contribution < 1.29 is 15.0 Å². The molecule has 1 aliphatic rings. The zero-order chi connectivity index (χ0) is 14.5. The minimum atomic E-state index is -0.879. The van der Waals surface area contributed by atoms with Gasteiger partial charge in [-0.2, -0.15) is 0 Å². The van der Waals surface area contributed by atoms with Crippen molar-refractivity contribution in [2.24, 2.45) is 0 Å². The van der Waals surface area contributed by atoms with E-state index in [0.717, 1.165) is 30.6 Å². The van der Waals surface area contributed by atoms with E-state index in [1.807, 2.05) is 12.1 Å². The number of hydrogen-bond acceptors (Lipinski definition) is 5. The van der Waals surface area contributed by atoms with Crippen molar-refractivity contribution in [3.05, 3.63) is 34.9 Å². The Kier molecular flexibility index (Phi) is 5.60. The fraction of sp³-hybridized carbons (Fsp3) is 0.533. The maximum Gasteiger partial charge on any atom is 0.185 e. The number of benzene rings is 1. The summed E-state index contributed by atoms with van der Waals surface area (Å²) in [5.74, 6) is 0.532. The van der Waals surface area contributed by atoms with Crippen molar-refractivity contribution in [1.82, 2.24) is 5.32 Å². The molecular formula is C15H21NO3S. The van der Waals surface area contributed by atoms with E-state index in [1.54, 1.807) is 0 Å². The third-order valence-corrected chi connectivity index (χ3v) is 4.42. The lowest BCUT2D eigenvalue weighted by Crippen LogP contribution is -2.27. The molecule has 1 aromatic carbocycles. The minimum Gasteiger partial charge on any atom is -0.390 e. The number of aliphatic hydroxyl groups is 2. The van der Waals surface area contributed by atoms with Crippen LogP contribution in [0.2, 0.25) is 0 Å². The Bertz CT molecular complexity index is 478. The standard InChI is InChI=1S/C15H21NO3S/c1-10(17)20-8-6-14(18)15(19)13-4-2-3-11-9-16-7-5-12(11)13/h2-4,14-16,18-19H,5-9H2,1H3. The van der Waals surface area contributed by atoms with Crippen molar-refractivity contribution >= 4 is 16.9 Å². The first kappa shape index (κ1) is 15.5. The molecule has 0 saturated heterocycles. The molecule has 1 aromatic rings. The van der Waals surface area contributed by atoms with Crippen LogP contribution in [-0.4, -0.2) is 33.7 Å². The number of aliphatic hydroxyl groups excluding tert-OH is 2. The van der Waals surface area contributed by atoms with E-state index in [0.29, 0.717) is 12.2 Å². The highest BCUT2D eigenvalue weighted by Crippen LogP contribution is 2.27. The maximum absolute atomic E-state index is 10.9. The molecule has 0 radical (unpaired) electrons. The van der Waals surface area contributed by atoms with Crippen molar-refractivity contribution in [3.63, 3.8) is 0 Å². The number of hydrogen-bond donors (Lipinski definition) is 3. The molecule has 1 aliphatic heterocycles. The topological polar surface area (TPSA) is 69.6 Å². The van der Waals surface area contributed by atoms with Gasteiger partial charge in [0, 0.05) is 19.2 Å². The lowest BCUT2D eigenvalue weighted by Gasteiger charge is -2.25. The van der Waals surface area contributed by atoms with Crippen molar-refractivity contribution in [2.45, 2.75) is 38.5 Å². The third-order valence-electron chi connectivity index (χ3n) is 3.58. The SMILES string of the molecule is CC(=O)SCCC(O)C(O)c1cccc2c1CCNC2. The van der Waals surface area contributed by atoms with Gasteiger partial charge in [0.05, 0.1) is 6.10 Å². The van der Waals surface area contributed by atoms with Gasteiger partial charge in [-0.15, -0.1) is 0 Å². The summed E-state index contributed by atoms with van der Waals surface area (Å²) in [5.41, 5.74) is 3.17. The highest BCUT2D eigenvalue weighted by molar-refractivity contribution is 8.13. The smallest absolute Gasteiger partial charge is 0.185 e. The van der Waals surface area contributed by atoms with Crippen LogP contribution in [0.4, 0.5) is 0 Å². The van der Waals surface area contributed by atoms with Crippen molar-refractivity contribution in [2.75, 3.05) is 12.3 Å². The Hall–Kier alpha value is -0.880. The van der Waals surface area contributed by atoms with Crippen LogP contribution in [0, 0.1) is 0 Å². The Morgan fingerprint density at radius 3 is 3.00 bits per heavy atom. The average Bonchev–Trinajstić information content (AvgIpc) is 2.45. The van der Waals surface area contributed by atoms with Gasteiger partial charge in [0.1, 0.15) is 6.10 Å². The van der Waals surface area contributed by atoms with Crippen LogP contribution in [0.3, 0.4) is 0 Å². The van der Waals surface area contributed by atoms with Crippen LogP contribution in [0.25, 0.3) is 0 Å². The summed E-state index contributed by atoms with van der Waals surface area (Å²) in [6.45, 7) is 3.22. The van der Waals surface area contributed by atoms with Crippen molar-refractivity contribution in [3.8, 4) is 0 Å². The summed E-state index contributed by atoms with van der Waals surface area (Å²) < 4.78 is 0. The first-order chi connectivity index (χ1) is 9.59. The Morgan fingerprint density at radius 1 is 1.45 bits per heavy atom. The van der Waals surface area contributed by atoms with Gasteiger partial charge in [-0.3, -0.25) is 4.79 Å². The van der Waals surface area contributed by atoms with E-state index >= 15 is 0 Å². The van der Waals surface area contributed by atoms with Crippen molar-refractivity contribution in [1.29, 1.82) is 0 Å². The number of fused-ring (bicyclic) bond motifs is 1. The third kappa shape index (κ3) is 3.82. The highest BCUT2D eigenvalue weighted by atomic mass is 32.2. The van der Waals surface area contributed by atoms with Gasteiger partial charge in [0.25, 0.3) is 0 Å². The van der Waals surface area contributed by atoms with E-state index in [9.17, 15) is 15.0 Å². The molecule has 2 unspecified atom stereocenters. The largest absolute Gasteiger partial charge is 0.390 e. The molecule has 4 nitrogen and oxygen atoms in total. The molecule has 0 spiro atoms. The van der Waals surface area contributed by atoms with Crippen LogP contribution in [-0.2, 0) is 17.8 Å². The minimum absolute atomic E-state index is 0.0369. The normalized spacial score (nSPS) is 17.4. The molecule has 110 valence electrons. The quantitative estimate of drug-likeness (QED) is 0.766. The summed E-state index contributed by atoms with van der Waals surface area (Å²) >= 11 is 1.18. The first-order valence-electron chi connectivity index (χ1n) is 6.90. The molecule has 0 bridgehead atoms. The second-order valence-electron chi connectivity index (χ2n) is 5.05. The molecule has 1 heterocycles. The lowest BCUT2D eigenvalue weighted by molar-refractivity contribution is -0.109. The van der Waals surface area contributed by atoms with Crippen LogP contribution in [0.5, 0.6) is 0 Å². The van der Waals surface area contributed by atoms with Crippen LogP contribution < -0.4 is 5.32 Å². The molecule has 5 heteroatoms. The van der Waals surface area contributed by atoms with Crippen LogP contribution >= 0.6 is 11.8 Å². The molecule has 2 rings (SSSR count). The van der Waals surface area contributed by atoms with Crippen LogP contribution in [0.15, 0.2) is 18.2 Å². The molecular weight excluding hydrogens is 274 g/mol. The van der Waals surface area contributed by atoms with E-state index in [1.165, 1.54) is 24.2 Å². The molecule has 20 heavy (non-hydrogen) atoms. The Labute approximate surface area is 123 Å².